The van der Waals surface area contributed by atoms with Crippen LogP contribution in [-0.4, -0.2) is 57.8 Å². The molecule has 0 saturated carbocycles. The zero-order valence-electron chi connectivity index (χ0n) is 17.6. The number of fused-ring (bicyclic) bond motifs is 1. The predicted molar refractivity (Wildman–Crippen MR) is 116 cm³/mol. The van der Waals surface area contributed by atoms with E-state index in [1.165, 1.54) is 12.1 Å². The third-order valence-electron chi connectivity index (χ3n) is 5.75. The number of rotatable bonds is 4. The summed E-state index contributed by atoms with van der Waals surface area (Å²) in [5.41, 5.74) is 3.19. The molecule has 0 spiro atoms. The Balaban J connectivity index is 1.69. The van der Waals surface area contributed by atoms with Gasteiger partial charge in [-0.3, -0.25) is 9.59 Å². The maximum Gasteiger partial charge on any atom is 0.258 e. The van der Waals surface area contributed by atoms with E-state index in [1.54, 1.807) is 24.1 Å². The molecule has 2 aliphatic rings. The summed E-state index contributed by atoms with van der Waals surface area (Å²) in [6.45, 7) is 2.77. The van der Waals surface area contributed by atoms with E-state index in [2.05, 4.69) is 5.32 Å². The Bertz CT molecular complexity index is 1150. The number of aryl methyl sites for hydroxylation is 1. The lowest BCUT2D eigenvalue weighted by atomic mass is 9.95. The van der Waals surface area contributed by atoms with Crippen LogP contribution in [0.5, 0.6) is 5.75 Å². The van der Waals surface area contributed by atoms with Crippen LogP contribution in [0.3, 0.4) is 0 Å². The molecule has 1 fully saturated rings. The summed E-state index contributed by atoms with van der Waals surface area (Å²) < 4.78 is 32.7. The standard InChI is InChI=1S/C22H25N3O5S/c1-15-8-9-19(30-2)21-18(15)7-4-11-25(21)22(27)16-5-3-6-17(13-16)31(28,29)24-12-10-23-20(26)14-24/h3,5-6,8-9,13H,4,7,10-12,14H2,1-2H3,(H,23,26). The SMILES string of the molecule is COc1ccc(C)c2c1N(C(=O)c1cccc(S(=O)(=O)N3CCNC(=O)C3)c1)CCC2. The summed E-state index contributed by atoms with van der Waals surface area (Å²) in [6.07, 6.45) is 1.67. The van der Waals surface area contributed by atoms with Gasteiger partial charge in [0.1, 0.15) is 5.75 Å². The van der Waals surface area contributed by atoms with E-state index in [0.717, 1.165) is 34.0 Å². The van der Waals surface area contributed by atoms with Gasteiger partial charge in [0.05, 0.1) is 24.2 Å². The van der Waals surface area contributed by atoms with Crippen LogP contribution in [-0.2, 0) is 21.2 Å². The van der Waals surface area contributed by atoms with E-state index in [0.29, 0.717) is 12.3 Å². The van der Waals surface area contributed by atoms with E-state index in [-0.39, 0.29) is 41.9 Å². The molecule has 0 aliphatic carbocycles. The number of ether oxygens (including phenoxy) is 1. The summed E-state index contributed by atoms with van der Waals surface area (Å²) >= 11 is 0. The molecule has 4 rings (SSSR count). The van der Waals surface area contributed by atoms with Gasteiger partial charge in [0.25, 0.3) is 5.91 Å². The first kappa shape index (κ1) is 21.3. The van der Waals surface area contributed by atoms with Crippen LogP contribution in [0.2, 0.25) is 0 Å². The second-order valence-corrected chi connectivity index (χ2v) is 9.63. The highest BCUT2D eigenvalue weighted by Gasteiger charge is 2.31. The summed E-state index contributed by atoms with van der Waals surface area (Å²) in [6, 6.07) is 9.84. The van der Waals surface area contributed by atoms with Gasteiger partial charge in [-0.25, -0.2) is 8.42 Å². The Morgan fingerprint density at radius 3 is 2.71 bits per heavy atom. The van der Waals surface area contributed by atoms with Crippen LogP contribution in [0, 0.1) is 6.92 Å². The zero-order chi connectivity index (χ0) is 22.2. The molecule has 2 amide bonds. The van der Waals surface area contributed by atoms with Gasteiger partial charge in [0, 0.05) is 25.2 Å². The third kappa shape index (κ3) is 3.90. The number of piperazine rings is 1. The number of amides is 2. The Hall–Kier alpha value is -2.91. The smallest absolute Gasteiger partial charge is 0.258 e. The number of sulfonamides is 1. The van der Waals surface area contributed by atoms with E-state index in [4.69, 9.17) is 4.74 Å². The molecule has 2 aromatic carbocycles. The Labute approximate surface area is 181 Å². The van der Waals surface area contributed by atoms with Crippen LogP contribution in [0.25, 0.3) is 0 Å². The molecule has 0 atom stereocenters. The number of methoxy groups -OCH3 is 1. The molecular weight excluding hydrogens is 418 g/mol. The van der Waals surface area contributed by atoms with Crippen LogP contribution in [0.15, 0.2) is 41.3 Å². The molecule has 9 heteroatoms. The Kier molecular flexibility index (Phi) is 5.72. The van der Waals surface area contributed by atoms with E-state index >= 15 is 0 Å². The van der Waals surface area contributed by atoms with Gasteiger partial charge in [-0.05, 0) is 55.2 Å². The van der Waals surface area contributed by atoms with Gasteiger partial charge in [0.15, 0.2) is 0 Å². The molecular formula is C22H25N3O5S. The van der Waals surface area contributed by atoms with Gasteiger partial charge in [0.2, 0.25) is 15.9 Å². The van der Waals surface area contributed by atoms with Crippen molar-refractivity contribution in [3.05, 3.63) is 53.1 Å². The van der Waals surface area contributed by atoms with E-state index in [9.17, 15) is 18.0 Å². The topological polar surface area (TPSA) is 96.0 Å². The van der Waals surface area contributed by atoms with Crippen LogP contribution in [0.1, 0.15) is 27.9 Å². The highest BCUT2D eigenvalue weighted by Crippen LogP contribution is 2.39. The molecule has 0 radical (unpaired) electrons. The quantitative estimate of drug-likeness (QED) is 0.776. The van der Waals surface area contributed by atoms with Crippen molar-refractivity contribution >= 4 is 27.5 Å². The second-order valence-electron chi connectivity index (χ2n) is 7.69. The summed E-state index contributed by atoms with van der Waals surface area (Å²) in [4.78, 5) is 26.8. The summed E-state index contributed by atoms with van der Waals surface area (Å²) in [5, 5.41) is 2.62. The minimum Gasteiger partial charge on any atom is -0.495 e. The number of benzene rings is 2. The second kappa shape index (κ2) is 8.32. The lowest BCUT2D eigenvalue weighted by Gasteiger charge is -2.32. The van der Waals surface area contributed by atoms with Gasteiger partial charge in [-0.15, -0.1) is 0 Å². The number of carbonyl (C=O) groups is 2. The zero-order valence-corrected chi connectivity index (χ0v) is 18.4. The van der Waals surface area contributed by atoms with Crippen molar-refractivity contribution in [1.82, 2.24) is 9.62 Å². The van der Waals surface area contributed by atoms with E-state index in [1.807, 2.05) is 19.1 Å². The fourth-order valence-corrected chi connectivity index (χ4v) is 5.58. The van der Waals surface area contributed by atoms with Crippen LogP contribution in [0.4, 0.5) is 5.69 Å². The average molecular weight is 444 g/mol. The van der Waals surface area contributed by atoms with Crippen molar-refractivity contribution in [2.45, 2.75) is 24.7 Å². The molecule has 1 N–H and O–H groups in total. The maximum absolute atomic E-state index is 13.4. The van der Waals surface area contributed by atoms with E-state index < -0.39 is 10.0 Å². The first-order chi connectivity index (χ1) is 14.8. The molecule has 31 heavy (non-hydrogen) atoms. The molecule has 2 heterocycles. The minimum atomic E-state index is -3.88. The maximum atomic E-state index is 13.4. The van der Waals surface area contributed by atoms with Gasteiger partial charge >= 0.3 is 0 Å². The highest BCUT2D eigenvalue weighted by molar-refractivity contribution is 7.89. The number of anilines is 1. The monoisotopic (exact) mass is 443 g/mol. The van der Waals surface area contributed by atoms with Crippen LogP contribution >= 0.6 is 0 Å². The first-order valence-electron chi connectivity index (χ1n) is 10.2. The number of hydrogen-bond acceptors (Lipinski definition) is 5. The van der Waals surface area contributed by atoms with Crippen molar-refractivity contribution in [2.75, 3.05) is 38.2 Å². The predicted octanol–water partition coefficient (Wildman–Crippen LogP) is 1.72. The van der Waals surface area contributed by atoms with Gasteiger partial charge in [-0.1, -0.05) is 12.1 Å². The first-order valence-corrected chi connectivity index (χ1v) is 11.6. The summed E-state index contributed by atoms with van der Waals surface area (Å²) in [5.74, 6) is 0.00415. The fraction of sp³-hybridized carbons (Fsp3) is 0.364. The molecule has 1 saturated heterocycles. The normalized spacial score (nSPS) is 17.1. The van der Waals surface area contributed by atoms with Crippen molar-refractivity contribution in [3.63, 3.8) is 0 Å². The number of nitrogens with one attached hydrogen (secondary N) is 1. The van der Waals surface area contributed by atoms with Crippen LogP contribution < -0.4 is 15.0 Å². The molecule has 2 aliphatic heterocycles. The molecule has 164 valence electrons. The highest BCUT2D eigenvalue weighted by atomic mass is 32.2. The largest absolute Gasteiger partial charge is 0.495 e. The van der Waals surface area contributed by atoms with Crippen molar-refractivity contribution in [1.29, 1.82) is 0 Å². The molecule has 0 bridgehead atoms. The Morgan fingerprint density at radius 2 is 1.97 bits per heavy atom. The molecule has 0 unspecified atom stereocenters. The third-order valence-corrected chi connectivity index (χ3v) is 7.59. The lowest BCUT2D eigenvalue weighted by molar-refractivity contribution is -0.122. The molecule has 8 nitrogen and oxygen atoms in total. The number of carbonyl (C=O) groups excluding carboxylic acids is 2. The Morgan fingerprint density at radius 1 is 1.16 bits per heavy atom. The minimum absolute atomic E-state index is 0.00138. The average Bonchev–Trinajstić information content (AvgIpc) is 2.79. The molecule has 2 aromatic rings. The summed E-state index contributed by atoms with van der Waals surface area (Å²) in [7, 11) is -2.31. The van der Waals surface area contributed by atoms with Gasteiger partial charge in [-0.2, -0.15) is 4.31 Å². The van der Waals surface area contributed by atoms with Crippen molar-refractivity contribution in [3.8, 4) is 5.75 Å². The fourth-order valence-electron chi connectivity index (χ4n) is 4.14. The van der Waals surface area contributed by atoms with Crippen molar-refractivity contribution < 1.29 is 22.7 Å². The number of hydrogen-bond donors (Lipinski definition) is 1. The molecule has 0 aromatic heterocycles. The lowest BCUT2D eigenvalue weighted by Crippen LogP contribution is -2.49. The number of nitrogens with zero attached hydrogens (tertiary/aromatic N) is 2. The van der Waals surface area contributed by atoms with Gasteiger partial charge < -0.3 is 15.0 Å². The van der Waals surface area contributed by atoms with Crippen molar-refractivity contribution in [2.24, 2.45) is 0 Å².